The van der Waals surface area contributed by atoms with Crippen LogP contribution < -0.4 is 4.74 Å². The Balaban J connectivity index is 1.82. The lowest BCUT2D eigenvalue weighted by atomic mass is 10.00. The van der Waals surface area contributed by atoms with Gasteiger partial charge in [0.25, 0.3) is 0 Å². The maximum Gasteiger partial charge on any atom is 0.164 e. The number of carbonyl (C=O) groups is 1. The number of ketones is 1. The third-order valence-electron chi connectivity index (χ3n) is 3.93. The first kappa shape index (κ1) is 14.1. The van der Waals surface area contributed by atoms with E-state index in [1.807, 2.05) is 30.3 Å². The molecule has 1 unspecified atom stereocenters. The molecule has 2 aromatic carbocycles. The van der Waals surface area contributed by atoms with Crippen LogP contribution in [0.15, 0.2) is 69.2 Å². The zero-order valence-corrected chi connectivity index (χ0v) is 14.1. The second-order valence-electron chi connectivity index (χ2n) is 5.36. The fourth-order valence-electron chi connectivity index (χ4n) is 2.91. The normalized spacial score (nSPS) is 19.7. The van der Waals surface area contributed by atoms with Crippen LogP contribution >= 0.6 is 27.7 Å². The highest BCUT2D eigenvalue weighted by atomic mass is 79.9. The molecule has 0 aromatic heterocycles. The molecule has 0 bridgehead atoms. The Morgan fingerprint density at radius 1 is 1.09 bits per heavy atom. The summed E-state index contributed by atoms with van der Waals surface area (Å²) >= 11 is 5.24. The molecule has 2 aliphatic rings. The zero-order valence-electron chi connectivity index (χ0n) is 11.7. The number of carbonyl (C=O) groups excluding carboxylic acids is 1. The first-order valence-electron chi connectivity index (χ1n) is 7.17. The van der Waals surface area contributed by atoms with Crippen molar-refractivity contribution < 1.29 is 9.53 Å². The number of hydrogen-bond donors (Lipinski definition) is 0. The average Bonchev–Trinajstić information content (AvgIpc) is 2.90. The summed E-state index contributed by atoms with van der Waals surface area (Å²) in [6, 6.07) is 16.2. The van der Waals surface area contributed by atoms with E-state index in [1.165, 1.54) is 0 Å². The molecule has 1 atom stereocenters. The minimum Gasteiger partial charge on any atom is -0.461 e. The summed E-state index contributed by atoms with van der Waals surface area (Å²) in [4.78, 5) is 13.5. The minimum atomic E-state index is 0.00801. The maximum atomic E-state index is 12.3. The van der Waals surface area contributed by atoms with Gasteiger partial charge in [-0.15, -0.1) is 11.8 Å². The smallest absolute Gasteiger partial charge is 0.164 e. The van der Waals surface area contributed by atoms with Crippen LogP contribution in [-0.2, 0) is 4.79 Å². The van der Waals surface area contributed by atoms with Crippen molar-refractivity contribution in [2.75, 3.05) is 0 Å². The molecule has 0 spiro atoms. The van der Waals surface area contributed by atoms with E-state index in [2.05, 4.69) is 34.1 Å². The number of hydrogen-bond acceptors (Lipinski definition) is 3. The third kappa shape index (κ3) is 2.40. The third-order valence-corrected chi connectivity index (χ3v) is 5.69. The molecule has 4 rings (SSSR count). The molecule has 1 aliphatic carbocycles. The van der Waals surface area contributed by atoms with Crippen molar-refractivity contribution in [1.82, 2.24) is 0 Å². The molecule has 0 amide bonds. The van der Waals surface area contributed by atoms with Gasteiger partial charge in [0.2, 0.25) is 0 Å². The molecule has 0 saturated carbocycles. The summed E-state index contributed by atoms with van der Waals surface area (Å²) in [6.45, 7) is 0. The lowest BCUT2D eigenvalue weighted by molar-refractivity contribution is -0.115. The Hall–Kier alpha value is -1.52. The molecule has 2 nitrogen and oxygen atoms in total. The van der Waals surface area contributed by atoms with Gasteiger partial charge in [-0.25, -0.2) is 0 Å². The van der Waals surface area contributed by atoms with Crippen LogP contribution in [0, 0.1) is 0 Å². The van der Waals surface area contributed by atoms with Crippen molar-refractivity contribution >= 4 is 33.5 Å². The van der Waals surface area contributed by atoms with Gasteiger partial charge in [0.15, 0.2) is 5.78 Å². The molecule has 1 heterocycles. The van der Waals surface area contributed by atoms with Gasteiger partial charge in [-0.3, -0.25) is 4.79 Å². The molecule has 1 aliphatic heterocycles. The Kier molecular flexibility index (Phi) is 3.59. The van der Waals surface area contributed by atoms with Gasteiger partial charge < -0.3 is 4.74 Å². The number of Topliss-reactive ketones (excluding diaryl/α,β-unsaturated/α-hetero) is 1. The monoisotopic (exact) mass is 372 g/mol. The van der Waals surface area contributed by atoms with Gasteiger partial charge in [-0.05, 0) is 30.3 Å². The molecule has 22 heavy (non-hydrogen) atoms. The number of benzene rings is 2. The highest BCUT2D eigenvalue weighted by Gasteiger charge is 2.38. The summed E-state index contributed by atoms with van der Waals surface area (Å²) < 4.78 is 6.98. The Bertz CT molecular complexity index is 783. The predicted molar refractivity (Wildman–Crippen MR) is 91.1 cm³/mol. The Morgan fingerprint density at radius 2 is 1.91 bits per heavy atom. The first-order chi connectivity index (χ1) is 10.7. The summed E-state index contributed by atoms with van der Waals surface area (Å²) in [5, 5.41) is 0.00801. The molecular formula is C18H13BrO2S. The Morgan fingerprint density at radius 3 is 2.73 bits per heavy atom. The van der Waals surface area contributed by atoms with Crippen molar-refractivity contribution in [3.63, 3.8) is 0 Å². The number of fused-ring (bicyclic) bond motifs is 1. The fourth-order valence-corrected chi connectivity index (χ4v) is 4.57. The van der Waals surface area contributed by atoms with Crippen LogP contribution in [0.1, 0.15) is 23.7 Å². The van der Waals surface area contributed by atoms with Crippen molar-refractivity contribution in [3.8, 4) is 5.75 Å². The van der Waals surface area contributed by atoms with Crippen LogP contribution in [0.2, 0.25) is 0 Å². The highest BCUT2D eigenvalue weighted by molar-refractivity contribution is 9.10. The molecular weight excluding hydrogens is 360 g/mol. The molecule has 0 N–H and O–H groups in total. The second kappa shape index (κ2) is 5.60. The lowest BCUT2D eigenvalue weighted by Gasteiger charge is -2.27. The van der Waals surface area contributed by atoms with Gasteiger partial charge in [-0.1, -0.05) is 34.1 Å². The van der Waals surface area contributed by atoms with E-state index in [0.717, 1.165) is 38.4 Å². The number of rotatable bonds is 2. The molecule has 4 heteroatoms. The summed E-state index contributed by atoms with van der Waals surface area (Å²) in [6.07, 6.45) is 1.28. The van der Waals surface area contributed by atoms with E-state index in [4.69, 9.17) is 4.74 Å². The van der Waals surface area contributed by atoms with Crippen LogP contribution in [0.25, 0.3) is 0 Å². The number of thioether (sulfide) groups is 1. The Labute approximate surface area is 141 Å². The topological polar surface area (TPSA) is 26.3 Å². The number of allylic oxidation sites excluding steroid dienone is 1. The molecule has 110 valence electrons. The SMILES string of the molecule is O=C1CCC2=C1C(Sc1ccccc1)c1cc(Br)ccc1O2. The van der Waals surface area contributed by atoms with Gasteiger partial charge in [-0.2, -0.15) is 0 Å². The minimum absolute atomic E-state index is 0.00801. The fraction of sp³-hybridized carbons (Fsp3) is 0.167. The summed E-state index contributed by atoms with van der Waals surface area (Å²) in [7, 11) is 0. The average molecular weight is 373 g/mol. The summed E-state index contributed by atoms with van der Waals surface area (Å²) in [5.74, 6) is 1.94. The highest BCUT2D eigenvalue weighted by Crippen LogP contribution is 2.52. The van der Waals surface area contributed by atoms with Gasteiger partial charge in [0.1, 0.15) is 11.5 Å². The first-order valence-corrected chi connectivity index (χ1v) is 8.85. The predicted octanol–water partition coefficient (Wildman–Crippen LogP) is 5.29. The lowest BCUT2D eigenvalue weighted by Crippen LogP contribution is -2.14. The van der Waals surface area contributed by atoms with Gasteiger partial charge in [0, 0.05) is 27.8 Å². The van der Waals surface area contributed by atoms with Crippen LogP contribution in [0.5, 0.6) is 5.75 Å². The van der Waals surface area contributed by atoms with Crippen molar-refractivity contribution in [3.05, 3.63) is 69.9 Å². The largest absolute Gasteiger partial charge is 0.461 e. The number of ether oxygens (including phenoxy) is 1. The molecule has 0 saturated heterocycles. The van der Waals surface area contributed by atoms with Crippen molar-refractivity contribution in [2.24, 2.45) is 0 Å². The quantitative estimate of drug-likeness (QED) is 0.715. The van der Waals surface area contributed by atoms with E-state index in [9.17, 15) is 4.79 Å². The standard InChI is InChI=1S/C18H13BrO2S/c19-11-6-8-15-13(10-11)18(22-12-4-2-1-3-5-12)17-14(20)7-9-16(17)21-15/h1-6,8,10,18H,7,9H2. The van der Waals surface area contributed by atoms with Gasteiger partial charge in [0.05, 0.1) is 10.8 Å². The second-order valence-corrected chi connectivity index (χ2v) is 7.45. The molecule has 2 aromatic rings. The van der Waals surface area contributed by atoms with Crippen molar-refractivity contribution in [1.29, 1.82) is 0 Å². The van der Waals surface area contributed by atoms with Crippen molar-refractivity contribution in [2.45, 2.75) is 23.0 Å². The van der Waals surface area contributed by atoms with E-state index in [1.54, 1.807) is 11.8 Å². The van der Waals surface area contributed by atoms with Crippen LogP contribution in [0.3, 0.4) is 0 Å². The van der Waals surface area contributed by atoms with Crippen LogP contribution in [-0.4, -0.2) is 5.78 Å². The number of halogens is 1. The summed E-state index contributed by atoms with van der Waals surface area (Å²) in [5.41, 5.74) is 1.91. The van der Waals surface area contributed by atoms with E-state index in [-0.39, 0.29) is 11.0 Å². The van der Waals surface area contributed by atoms with E-state index < -0.39 is 0 Å². The van der Waals surface area contributed by atoms with Crippen LogP contribution in [0.4, 0.5) is 0 Å². The molecule has 0 radical (unpaired) electrons. The van der Waals surface area contributed by atoms with E-state index in [0.29, 0.717) is 6.42 Å². The van der Waals surface area contributed by atoms with E-state index >= 15 is 0 Å². The van der Waals surface area contributed by atoms with Gasteiger partial charge >= 0.3 is 0 Å². The molecule has 0 fully saturated rings. The zero-order chi connectivity index (χ0) is 15.1. The maximum absolute atomic E-state index is 12.3.